The molecule has 1 fully saturated rings. The summed E-state index contributed by atoms with van der Waals surface area (Å²) in [7, 11) is 0. The third-order valence-electron chi connectivity index (χ3n) is 6.02. The van der Waals surface area contributed by atoms with Crippen LogP contribution in [0.15, 0.2) is 91.0 Å². The summed E-state index contributed by atoms with van der Waals surface area (Å²) < 4.78 is 0. The molecule has 4 rings (SSSR count). The number of rotatable bonds is 6. The lowest BCUT2D eigenvalue weighted by Gasteiger charge is -2.29. The summed E-state index contributed by atoms with van der Waals surface area (Å²) >= 11 is 0. The van der Waals surface area contributed by atoms with Crippen molar-refractivity contribution < 1.29 is 9.59 Å². The van der Waals surface area contributed by atoms with Crippen LogP contribution >= 0.6 is 0 Å². The molecular formula is C27H28N2O2. The van der Waals surface area contributed by atoms with Gasteiger partial charge in [-0.3, -0.25) is 9.59 Å². The molecule has 2 amide bonds. The lowest BCUT2D eigenvalue weighted by molar-refractivity contribution is -0.125. The number of carbonyl (C=O) groups excluding carboxylic acids is 2. The van der Waals surface area contributed by atoms with E-state index in [1.165, 1.54) is 0 Å². The molecule has 4 heteroatoms. The van der Waals surface area contributed by atoms with Gasteiger partial charge in [0.2, 0.25) is 5.91 Å². The molecule has 0 aromatic heterocycles. The van der Waals surface area contributed by atoms with Crippen molar-refractivity contribution in [3.8, 4) is 0 Å². The van der Waals surface area contributed by atoms with E-state index < -0.39 is 6.04 Å². The fraction of sp³-hybridized carbons (Fsp3) is 0.259. The van der Waals surface area contributed by atoms with Crippen LogP contribution in [0.5, 0.6) is 0 Å². The average Bonchev–Trinajstić information content (AvgIpc) is 3.31. The largest absolute Gasteiger partial charge is 0.351 e. The van der Waals surface area contributed by atoms with E-state index in [0.29, 0.717) is 18.5 Å². The van der Waals surface area contributed by atoms with Gasteiger partial charge in [-0.25, -0.2) is 0 Å². The minimum atomic E-state index is -0.428. The first kappa shape index (κ1) is 20.9. The van der Waals surface area contributed by atoms with E-state index in [1.54, 1.807) is 17.0 Å². The Kier molecular flexibility index (Phi) is 6.46. The van der Waals surface area contributed by atoms with Crippen LogP contribution in [0.1, 0.15) is 47.2 Å². The molecule has 1 aliphatic heterocycles. The molecule has 0 saturated carbocycles. The summed E-state index contributed by atoms with van der Waals surface area (Å²) in [5.74, 6) is -0.120. The SMILES string of the molecule is CC(NC(=O)C1CCCN1C(=O)c1ccccc1)C(c1ccccc1)c1ccccc1. The van der Waals surface area contributed by atoms with Crippen LogP contribution in [0.3, 0.4) is 0 Å². The molecule has 3 aromatic carbocycles. The zero-order chi connectivity index (χ0) is 21.6. The lowest BCUT2D eigenvalue weighted by Crippen LogP contribution is -2.49. The zero-order valence-corrected chi connectivity index (χ0v) is 17.8. The van der Waals surface area contributed by atoms with Crippen LogP contribution in [-0.4, -0.2) is 35.3 Å². The van der Waals surface area contributed by atoms with Crippen LogP contribution in [0.25, 0.3) is 0 Å². The molecule has 1 heterocycles. The van der Waals surface area contributed by atoms with Gasteiger partial charge in [0, 0.05) is 24.1 Å². The van der Waals surface area contributed by atoms with E-state index in [-0.39, 0.29) is 23.8 Å². The highest BCUT2D eigenvalue weighted by atomic mass is 16.2. The van der Waals surface area contributed by atoms with Gasteiger partial charge >= 0.3 is 0 Å². The highest BCUT2D eigenvalue weighted by Crippen LogP contribution is 2.29. The van der Waals surface area contributed by atoms with Crippen molar-refractivity contribution in [2.45, 2.75) is 37.8 Å². The predicted molar refractivity (Wildman–Crippen MR) is 123 cm³/mol. The quantitative estimate of drug-likeness (QED) is 0.642. The molecule has 158 valence electrons. The highest BCUT2D eigenvalue weighted by molar-refractivity contribution is 5.98. The number of carbonyl (C=O) groups is 2. The first-order valence-electron chi connectivity index (χ1n) is 10.9. The Hall–Kier alpha value is -3.40. The standard InChI is InChI=1S/C27H28N2O2/c1-20(25(21-12-5-2-6-13-21)22-14-7-3-8-15-22)28-26(30)24-18-11-19-29(24)27(31)23-16-9-4-10-17-23/h2-10,12-17,20,24-25H,11,18-19H2,1H3,(H,28,30). The van der Waals surface area contributed by atoms with Crippen LogP contribution in [0.4, 0.5) is 0 Å². The molecule has 31 heavy (non-hydrogen) atoms. The minimum absolute atomic E-state index is 0.0334. The maximum absolute atomic E-state index is 13.3. The summed E-state index contributed by atoms with van der Waals surface area (Å²) in [4.78, 5) is 28.0. The van der Waals surface area contributed by atoms with Crippen LogP contribution < -0.4 is 5.32 Å². The van der Waals surface area contributed by atoms with Gasteiger partial charge in [0.15, 0.2) is 0 Å². The smallest absolute Gasteiger partial charge is 0.254 e. The number of likely N-dealkylation sites (tertiary alicyclic amines) is 1. The third-order valence-corrected chi connectivity index (χ3v) is 6.02. The molecule has 2 unspecified atom stereocenters. The van der Waals surface area contributed by atoms with E-state index in [1.807, 2.05) is 61.5 Å². The normalized spacial score (nSPS) is 16.8. The average molecular weight is 413 g/mol. The molecule has 0 spiro atoms. The monoisotopic (exact) mass is 412 g/mol. The number of hydrogen-bond acceptors (Lipinski definition) is 2. The second-order valence-corrected chi connectivity index (χ2v) is 8.12. The number of nitrogens with zero attached hydrogens (tertiary/aromatic N) is 1. The van der Waals surface area contributed by atoms with Crippen LogP contribution in [0.2, 0.25) is 0 Å². The first-order chi connectivity index (χ1) is 15.1. The van der Waals surface area contributed by atoms with Crippen molar-refractivity contribution in [3.63, 3.8) is 0 Å². The van der Waals surface area contributed by atoms with Crippen molar-refractivity contribution in [3.05, 3.63) is 108 Å². The summed E-state index contributed by atoms with van der Waals surface area (Å²) in [6, 6.07) is 29.1. The second kappa shape index (κ2) is 9.61. The number of hydrogen-bond donors (Lipinski definition) is 1. The predicted octanol–water partition coefficient (Wildman–Crippen LogP) is 4.63. The van der Waals surface area contributed by atoms with Crippen molar-refractivity contribution in [2.24, 2.45) is 0 Å². The summed E-state index contributed by atoms with van der Waals surface area (Å²) in [6.45, 7) is 2.65. The third kappa shape index (κ3) is 4.69. The van der Waals surface area contributed by atoms with E-state index in [0.717, 1.165) is 17.5 Å². The molecular weight excluding hydrogens is 384 g/mol. The molecule has 0 radical (unpaired) electrons. The molecule has 4 nitrogen and oxygen atoms in total. The number of nitrogens with one attached hydrogen (secondary N) is 1. The summed E-state index contributed by atoms with van der Waals surface area (Å²) in [6.07, 6.45) is 1.53. The Morgan fingerprint density at radius 1 is 0.839 bits per heavy atom. The maximum Gasteiger partial charge on any atom is 0.254 e. The zero-order valence-electron chi connectivity index (χ0n) is 17.8. The Bertz CT molecular complexity index is 966. The minimum Gasteiger partial charge on any atom is -0.351 e. The van der Waals surface area contributed by atoms with Crippen LogP contribution in [0, 0.1) is 0 Å². The van der Waals surface area contributed by atoms with Gasteiger partial charge in [-0.2, -0.15) is 0 Å². The maximum atomic E-state index is 13.3. The van der Waals surface area contributed by atoms with Gasteiger partial charge in [0.1, 0.15) is 6.04 Å². The van der Waals surface area contributed by atoms with E-state index in [2.05, 4.69) is 29.6 Å². The van der Waals surface area contributed by atoms with Crippen molar-refractivity contribution in [2.75, 3.05) is 6.54 Å². The van der Waals surface area contributed by atoms with Gasteiger partial charge in [-0.1, -0.05) is 78.9 Å². The van der Waals surface area contributed by atoms with E-state index >= 15 is 0 Å². The van der Waals surface area contributed by atoms with Gasteiger partial charge in [0.05, 0.1) is 0 Å². The Balaban J connectivity index is 1.52. The van der Waals surface area contributed by atoms with Crippen molar-refractivity contribution in [1.82, 2.24) is 10.2 Å². The Morgan fingerprint density at radius 3 is 1.90 bits per heavy atom. The molecule has 0 aliphatic carbocycles. The Morgan fingerprint density at radius 2 is 1.35 bits per heavy atom. The second-order valence-electron chi connectivity index (χ2n) is 8.12. The van der Waals surface area contributed by atoms with Crippen molar-refractivity contribution in [1.29, 1.82) is 0 Å². The molecule has 1 N–H and O–H groups in total. The number of benzene rings is 3. The van der Waals surface area contributed by atoms with Gasteiger partial charge in [-0.05, 0) is 43.0 Å². The first-order valence-corrected chi connectivity index (χ1v) is 10.9. The van der Waals surface area contributed by atoms with E-state index in [4.69, 9.17) is 0 Å². The van der Waals surface area contributed by atoms with Gasteiger partial charge in [0.25, 0.3) is 5.91 Å². The summed E-state index contributed by atoms with van der Waals surface area (Å²) in [5, 5.41) is 3.22. The van der Waals surface area contributed by atoms with E-state index in [9.17, 15) is 9.59 Å². The van der Waals surface area contributed by atoms with Crippen LogP contribution in [-0.2, 0) is 4.79 Å². The molecule has 0 bridgehead atoms. The highest BCUT2D eigenvalue weighted by Gasteiger charge is 2.36. The fourth-order valence-electron chi connectivity index (χ4n) is 4.52. The fourth-order valence-corrected chi connectivity index (χ4v) is 4.52. The Labute approximate surface area is 183 Å². The summed E-state index contributed by atoms with van der Waals surface area (Å²) in [5.41, 5.74) is 2.94. The van der Waals surface area contributed by atoms with Gasteiger partial charge < -0.3 is 10.2 Å². The van der Waals surface area contributed by atoms with Crippen molar-refractivity contribution >= 4 is 11.8 Å². The number of amides is 2. The van der Waals surface area contributed by atoms with Gasteiger partial charge in [-0.15, -0.1) is 0 Å². The molecule has 1 aliphatic rings. The lowest BCUT2D eigenvalue weighted by atomic mass is 9.85. The molecule has 1 saturated heterocycles. The molecule has 2 atom stereocenters. The molecule has 3 aromatic rings. The topological polar surface area (TPSA) is 49.4 Å².